The van der Waals surface area contributed by atoms with Crippen LogP contribution in [0.25, 0.3) is 0 Å². The van der Waals surface area contributed by atoms with Gasteiger partial charge in [0.05, 0.1) is 45.6 Å². The molecular formula is C27H36N6O4. The van der Waals surface area contributed by atoms with Crippen molar-refractivity contribution >= 4 is 11.8 Å². The number of benzene rings is 1. The molecule has 0 saturated carbocycles. The lowest BCUT2D eigenvalue weighted by Gasteiger charge is -2.47. The third kappa shape index (κ3) is 4.52. The molecule has 4 saturated heterocycles. The second-order valence-electron chi connectivity index (χ2n) is 10.5. The molecule has 2 N–H and O–H groups in total. The summed E-state index contributed by atoms with van der Waals surface area (Å²) in [5.41, 5.74) is 8.19. The average Bonchev–Trinajstić information content (AvgIpc) is 3.52. The zero-order valence-corrected chi connectivity index (χ0v) is 21.6. The number of hydrogen-bond donors (Lipinski definition) is 2. The zero-order chi connectivity index (χ0) is 25.4. The van der Waals surface area contributed by atoms with Gasteiger partial charge in [-0.2, -0.15) is 4.98 Å². The second-order valence-corrected chi connectivity index (χ2v) is 10.5. The number of piperidine rings is 1. The van der Waals surface area contributed by atoms with Gasteiger partial charge >= 0.3 is 6.03 Å². The highest BCUT2D eigenvalue weighted by Crippen LogP contribution is 2.40. The van der Waals surface area contributed by atoms with E-state index in [4.69, 9.17) is 19.2 Å². The number of urea groups is 1. The van der Waals surface area contributed by atoms with Gasteiger partial charge in [0.25, 0.3) is 0 Å². The molecule has 2 amide bonds. The lowest BCUT2D eigenvalue weighted by Crippen LogP contribution is -2.59. The van der Waals surface area contributed by atoms with Gasteiger partial charge in [-0.25, -0.2) is 4.79 Å². The van der Waals surface area contributed by atoms with Crippen molar-refractivity contribution in [3.63, 3.8) is 0 Å². The van der Waals surface area contributed by atoms with Crippen LogP contribution in [0.15, 0.2) is 36.4 Å². The number of amides is 2. The van der Waals surface area contributed by atoms with Crippen molar-refractivity contribution in [3.8, 4) is 11.6 Å². The molecule has 1 spiro atoms. The standard InChI is InChI=1S/C27H36N6O4/c1-35-22-5-3-4-19(12-22)15-33-26(34)32(18-27(33)8-10-31(11-9-27)21-16-37-17-21)24-7-6-23(25(30-24)36-2)20-13-28-29-14-20/h3-7,12,20-21,28-29H,8-11,13-18H2,1-2H3. The van der Waals surface area contributed by atoms with Gasteiger partial charge in [0, 0.05) is 44.2 Å². The molecular weight excluding hydrogens is 472 g/mol. The highest BCUT2D eigenvalue weighted by atomic mass is 16.5. The van der Waals surface area contributed by atoms with E-state index in [2.05, 4.69) is 32.8 Å². The number of carbonyl (C=O) groups is 1. The summed E-state index contributed by atoms with van der Waals surface area (Å²) in [5, 5.41) is 0. The van der Waals surface area contributed by atoms with E-state index >= 15 is 0 Å². The molecule has 5 heterocycles. The summed E-state index contributed by atoms with van der Waals surface area (Å²) in [6, 6.07) is 12.5. The van der Waals surface area contributed by atoms with E-state index in [1.807, 2.05) is 29.2 Å². The van der Waals surface area contributed by atoms with Crippen molar-refractivity contribution in [2.24, 2.45) is 0 Å². The highest BCUT2D eigenvalue weighted by Gasteiger charge is 2.52. The molecule has 4 aliphatic rings. The number of anilines is 1. The van der Waals surface area contributed by atoms with Gasteiger partial charge < -0.3 is 19.1 Å². The second kappa shape index (κ2) is 10.1. The Bertz CT molecular complexity index is 1130. The number of hydrogen-bond acceptors (Lipinski definition) is 8. The summed E-state index contributed by atoms with van der Waals surface area (Å²) in [7, 11) is 3.32. The number of hydrazine groups is 1. The van der Waals surface area contributed by atoms with Crippen molar-refractivity contribution in [1.82, 2.24) is 25.6 Å². The first-order chi connectivity index (χ1) is 18.1. The highest BCUT2D eigenvalue weighted by molar-refractivity contribution is 5.94. The molecule has 0 radical (unpaired) electrons. The van der Waals surface area contributed by atoms with Crippen LogP contribution in [0, 0.1) is 0 Å². The summed E-state index contributed by atoms with van der Waals surface area (Å²) >= 11 is 0. The van der Waals surface area contributed by atoms with Gasteiger partial charge in [0.1, 0.15) is 11.6 Å². The third-order valence-electron chi connectivity index (χ3n) is 8.43. The predicted molar refractivity (Wildman–Crippen MR) is 139 cm³/mol. The van der Waals surface area contributed by atoms with Crippen LogP contribution in [0.3, 0.4) is 0 Å². The molecule has 0 atom stereocenters. The minimum Gasteiger partial charge on any atom is -0.497 e. The third-order valence-corrected chi connectivity index (χ3v) is 8.43. The van der Waals surface area contributed by atoms with Crippen LogP contribution in [0.2, 0.25) is 0 Å². The van der Waals surface area contributed by atoms with Crippen LogP contribution in [-0.2, 0) is 11.3 Å². The first-order valence-corrected chi connectivity index (χ1v) is 13.1. The minimum atomic E-state index is -0.256. The fraction of sp³-hybridized carbons (Fsp3) is 0.556. The average molecular weight is 509 g/mol. The van der Waals surface area contributed by atoms with Crippen molar-refractivity contribution in [2.45, 2.75) is 36.9 Å². The van der Waals surface area contributed by atoms with Crippen LogP contribution in [0.5, 0.6) is 11.6 Å². The number of aromatic nitrogens is 1. The van der Waals surface area contributed by atoms with Crippen molar-refractivity contribution < 1.29 is 19.0 Å². The number of methoxy groups -OCH3 is 2. The Hall–Kier alpha value is -2.92. The zero-order valence-electron chi connectivity index (χ0n) is 21.6. The SMILES string of the molecule is COc1cccc(CN2C(=O)N(c3ccc(C4CNNC4)c(OC)n3)CC23CCN(C2COC2)CC3)c1. The van der Waals surface area contributed by atoms with Crippen molar-refractivity contribution in [3.05, 3.63) is 47.5 Å². The van der Waals surface area contributed by atoms with Gasteiger partial charge in [0.15, 0.2) is 0 Å². The smallest absolute Gasteiger partial charge is 0.326 e. The lowest BCUT2D eigenvalue weighted by molar-refractivity contribution is -0.0813. The fourth-order valence-electron chi connectivity index (χ4n) is 6.08. The fourth-order valence-corrected chi connectivity index (χ4v) is 6.08. The largest absolute Gasteiger partial charge is 0.497 e. The van der Waals surface area contributed by atoms with E-state index in [0.717, 1.165) is 69.1 Å². The van der Waals surface area contributed by atoms with Crippen LogP contribution in [0.4, 0.5) is 10.6 Å². The van der Waals surface area contributed by atoms with Crippen LogP contribution in [0.1, 0.15) is 29.9 Å². The molecule has 0 bridgehead atoms. The van der Waals surface area contributed by atoms with Crippen LogP contribution < -0.4 is 25.2 Å². The summed E-state index contributed by atoms with van der Waals surface area (Å²) < 4.78 is 16.6. The van der Waals surface area contributed by atoms with Crippen molar-refractivity contribution in [2.75, 3.05) is 65.1 Å². The molecule has 10 heteroatoms. The Morgan fingerprint density at radius 2 is 1.86 bits per heavy atom. The number of likely N-dealkylation sites (tertiary alicyclic amines) is 1. The molecule has 198 valence electrons. The first-order valence-electron chi connectivity index (χ1n) is 13.1. The van der Waals surface area contributed by atoms with E-state index < -0.39 is 0 Å². The Kier molecular flexibility index (Phi) is 6.66. The maximum absolute atomic E-state index is 14.0. The predicted octanol–water partition coefficient (Wildman–Crippen LogP) is 1.97. The minimum absolute atomic E-state index is 0.00486. The molecule has 0 unspecified atom stereocenters. The van der Waals surface area contributed by atoms with Gasteiger partial charge in [-0.3, -0.25) is 20.7 Å². The molecule has 1 aromatic carbocycles. The van der Waals surface area contributed by atoms with E-state index in [1.54, 1.807) is 14.2 Å². The van der Waals surface area contributed by atoms with E-state index in [-0.39, 0.29) is 17.5 Å². The molecule has 1 aromatic heterocycles. The number of rotatable bonds is 7. The van der Waals surface area contributed by atoms with Crippen LogP contribution >= 0.6 is 0 Å². The Balaban J connectivity index is 1.29. The Morgan fingerprint density at radius 3 is 2.54 bits per heavy atom. The number of ether oxygens (including phenoxy) is 3. The van der Waals surface area contributed by atoms with Gasteiger partial charge in [-0.1, -0.05) is 12.1 Å². The van der Waals surface area contributed by atoms with Gasteiger partial charge in [-0.05, 0) is 42.7 Å². The number of nitrogens with one attached hydrogen (secondary N) is 2. The normalized spacial score (nSPS) is 22.6. The molecule has 0 aliphatic carbocycles. The number of nitrogens with zero attached hydrogens (tertiary/aromatic N) is 4. The molecule has 37 heavy (non-hydrogen) atoms. The molecule has 2 aromatic rings. The van der Waals surface area contributed by atoms with Gasteiger partial charge in [0.2, 0.25) is 5.88 Å². The molecule has 4 fully saturated rings. The lowest BCUT2D eigenvalue weighted by atomic mass is 9.85. The summed E-state index contributed by atoms with van der Waals surface area (Å²) in [6.45, 7) is 6.34. The quantitative estimate of drug-likeness (QED) is 0.587. The summed E-state index contributed by atoms with van der Waals surface area (Å²) in [5.74, 6) is 2.31. The molecule has 6 rings (SSSR count). The monoisotopic (exact) mass is 508 g/mol. The topological polar surface area (TPSA) is 91.4 Å². The maximum atomic E-state index is 14.0. The van der Waals surface area contributed by atoms with Crippen LogP contribution in [-0.4, -0.2) is 92.6 Å². The Labute approximate surface area is 217 Å². The summed E-state index contributed by atoms with van der Waals surface area (Å²) in [4.78, 5) is 25.3. The first kappa shape index (κ1) is 24.4. The Morgan fingerprint density at radius 1 is 1.08 bits per heavy atom. The molecule has 10 nitrogen and oxygen atoms in total. The van der Waals surface area contributed by atoms with E-state index in [1.165, 1.54) is 0 Å². The van der Waals surface area contributed by atoms with E-state index in [0.29, 0.717) is 30.8 Å². The maximum Gasteiger partial charge on any atom is 0.326 e. The molecule has 4 aliphatic heterocycles. The number of pyridine rings is 1. The van der Waals surface area contributed by atoms with Gasteiger partial charge in [-0.15, -0.1) is 0 Å². The van der Waals surface area contributed by atoms with E-state index in [9.17, 15) is 4.79 Å². The number of carbonyl (C=O) groups excluding carboxylic acids is 1. The van der Waals surface area contributed by atoms with Crippen molar-refractivity contribution in [1.29, 1.82) is 0 Å². The summed E-state index contributed by atoms with van der Waals surface area (Å²) in [6.07, 6.45) is 1.84.